The van der Waals surface area contributed by atoms with Crippen molar-refractivity contribution in [3.63, 3.8) is 0 Å². The van der Waals surface area contributed by atoms with Gasteiger partial charge in [-0.15, -0.1) is 0 Å². The zero-order valence-electron chi connectivity index (χ0n) is 10.4. The highest BCUT2D eigenvalue weighted by atomic mass is 15.1. The van der Waals surface area contributed by atoms with Crippen LogP contribution in [0.2, 0.25) is 0 Å². The molecular weight excluding hydrogens is 198 g/mol. The lowest BCUT2D eigenvalue weighted by molar-refractivity contribution is 0.395. The predicted octanol–water partition coefficient (Wildman–Crippen LogP) is 2.22. The minimum Gasteiger partial charge on any atom is -0.335 e. The molecule has 1 aliphatic rings. The summed E-state index contributed by atoms with van der Waals surface area (Å²) in [4.78, 5) is 4.48. The Morgan fingerprint density at radius 2 is 2.31 bits per heavy atom. The van der Waals surface area contributed by atoms with Gasteiger partial charge < -0.3 is 9.88 Å². The second kappa shape index (κ2) is 5.48. The first-order chi connectivity index (χ1) is 7.85. The molecule has 0 spiro atoms. The number of hydrogen-bond acceptors (Lipinski definition) is 2. The van der Waals surface area contributed by atoms with Gasteiger partial charge in [0, 0.05) is 31.4 Å². The van der Waals surface area contributed by atoms with E-state index in [0.29, 0.717) is 6.04 Å². The molecule has 3 heteroatoms. The average molecular weight is 221 g/mol. The van der Waals surface area contributed by atoms with Crippen LogP contribution in [0.3, 0.4) is 0 Å². The molecule has 1 aliphatic carbocycles. The molecule has 0 radical (unpaired) electrons. The molecule has 0 aliphatic heterocycles. The molecule has 1 fully saturated rings. The van der Waals surface area contributed by atoms with Crippen molar-refractivity contribution in [2.75, 3.05) is 6.54 Å². The van der Waals surface area contributed by atoms with Gasteiger partial charge in [-0.1, -0.05) is 13.3 Å². The van der Waals surface area contributed by atoms with E-state index in [-0.39, 0.29) is 0 Å². The van der Waals surface area contributed by atoms with Crippen LogP contribution in [0.25, 0.3) is 0 Å². The molecule has 2 atom stereocenters. The van der Waals surface area contributed by atoms with Crippen molar-refractivity contribution < 1.29 is 0 Å². The summed E-state index contributed by atoms with van der Waals surface area (Å²) in [6, 6.07) is 0.715. The molecule has 1 aromatic rings. The van der Waals surface area contributed by atoms with Crippen molar-refractivity contribution in [3.8, 4) is 0 Å². The summed E-state index contributed by atoms with van der Waals surface area (Å²) in [6.07, 6.45) is 9.22. The number of aryl methyl sites for hydroxylation is 1. The second-order valence-corrected chi connectivity index (χ2v) is 4.69. The van der Waals surface area contributed by atoms with E-state index < -0.39 is 0 Å². The van der Waals surface area contributed by atoms with E-state index >= 15 is 0 Å². The molecule has 1 heterocycles. The first-order valence-corrected chi connectivity index (χ1v) is 6.58. The smallest absolute Gasteiger partial charge is 0.108 e. The lowest BCUT2D eigenvalue weighted by Gasteiger charge is -2.20. The van der Waals surface area contributed by atoms with Crippen LogP contribution in [0.15, 0.2) is 12.4 Å². The Hall–Kier alpha value is -0.830. The number of imidazole rings is 1. The van der Waals surface area contributed by atoms with E-state index in [1.807, 2.05) is 6.20 Å². The van der Waals surface area contributed by atoms with Crippen LogP contribution in [-0.2, 0) is 13.0 Å². The molecule has 1 aromatic heterocycles. The molecule has 90 valence electrons. The summed E-state index contributed by atoms with van der Waals surface area (Å²) < 4.78 is 2.27. The standard InChI is InChI=1S/C13H23N3/c1-3-14-12-7-5-6-11(12)10-13-15-8-9-16(13)4-2/h8-9,11-12,14H,3-7,10H2,1-2H3. The summed E-state index contributed by atoms with van der Waals surface area (Å²) in [6.45, 7) is 6.50. The zero-order chi connectivity index (χ0) is 11.4. The van der Waals surface area contributed by atoms with Crippen LogP contribution in [0.5, 0.6) is 0 Å². The van der Waals surface area contributed by atoms with Crippen LogP contribution in [0, 0.1) is 5.92 Å². The van der Waals surface area contributed by atoms with Crippen molar-refractivity contribution in [2.24, 2.45) is 5.92 Å². The maximum atomic E-state index is 4.48. The van der Waals surface area contributed by atoms with Gasteiger partial charge in [0.1, 0.15) is 5.82 Å². The fourth-order valence-electron chi connectivity index (χ4n) is 2.86. The maximum Gasteiger partial charge on any atom is 0.108 e. The van der Waals surface area contributed by atoms with Crippen LogP contribution >= 0.6 is 0 Å². The molecule has 16 heavy (non-hydrogen) atoms. The van der Waals surface area contributed by atoms with Gasteiger partial charge in [0.05, 0.1) is 0 Å². The fraction of sp³-hybridized carbons (Fsp3) is 0.769. The summed E-state index contributed by atoms with van der Waals surface area (Å²) in [7, 11) is 0. The van der Waals surface area contributed by atoms with Crippen molar-refractivity contribution in [2.45, 2.75) is 52.1 Å². The topological polar surface area (TPSA) is 29.9 Å². The van der Waals surface area contributed by atoms with E-state index in [0.717, 1.165) is 25.4 Å². The highest BCUT2D eigenvalue weighted by Gasteiger charge is 2.27. The predicted molar refractivity (Wildman–Crippen MR) is 66.4 cm³/mol. The van der Waals surface area contributed by atoms with Gasteiger partial charge in [0.2, 0.25) is 0 Å². The van der Waals surface area contributed by atoms with Gasteiger partial charge in [-0.25, -0.2) is 4.98 Å². The molecule has 0 aromatic carbocycles. The number of aromatic nitrogens is 2. The molecule has 1 saturated carbocycles. The lowest BCUT2D eigenvalue weighted by atomic mass is 9.99. The Morgan fingerprint density at radius 1 is 1.44 bits per heavy atom. The number of nitrogens with one attached hydrogen (secondary N) is 1. The van der Waals surface area contributed by atoms with Crippen molar-refractivity contribution >= 4 is 0 Å². The summed E-state index contributed by atoms with van der Waals surface area (Å²) in [5, 5.41) is 3.61. The molecule has 2 rings (SSSR count). The number of hydrogen-bond donors (Lipinski definition) is 1. The third-order valence-corrected chi connectivity index (χ3v) is 3.71. The Bertz CT molecular complexity index is 319. The normalized spacial score (nSPS) is 25.1. The molecule has 2 unspecified atom stereocenters. The number of rotatable bonds is 5. The van der Waals surface area contributed by atoms with E-state index in [1.54, 1.807) is 0 Å². The lowest BCUT2D eigenvalue weighted by Crippen LogP contribution is -2.33. The van der Waals surface area contributed by atoms with Gasteiger partial charge in [0.25, 0.3) is 0 Å². The minimum atomic E-state index is 0.715. The maximum absolute atomic E-state index is 4.48. The van der Waals surface area contributed by atoms with Crippen molar-refractivity contribution in [1.29, 1.82) is 0 Å². The third kappa shape index (κ3) is 2.46. The van der Waals surface area contributed by atoms with E-state index in [4.69, 9.17) is 0 Å². The Morgan fingerprint density at radius 3 is 3.06 bits per heavy atom. The second-order valence-electron chi connectivity index (χ2n) is 4.69. The Labute approximate surface area is 98.3 Å². The average Bonchev–Trinajstić information content (AvgIpc) is 2.89. The highest BCUT2D eigenvalue weighted by Crippen LogP contribution is 2.28. The molecule has 1 N–H and O–H groups in total. The minimum absolute atomic E-state index is 0.715. The monoisotopic (exact) mass is 221 g/mol. The molecule has 0 saturated heterocycles. The molecule has 3 nitrogen and oxygen atoms in total. The zero-order valence-corrected chi connectivity index (χ0v) is 10.4. The van der Waals surface area contributed by atoms with Crippen molar-refractivity contribution in [1.82, 2.24) is 14.9 Å². The van der Waals surface area contributed by atoms with Crippen LogP contribution in [-0.4, -0.2) is 22.1 Å². The van der Waals surface area contributed by atoms with Crippen LogP contribution in [0.1, 0.15) is 38.9 Å². The summed E-state index contributed by atoms with van der Waals surface area (Å²) in [5.41, 5.74) is 0. The van der Waals surface area contributed by atoms with Gasteiger partial charge in [-0.2, -0.15) is 0 Å². The third-order valence-electron chi connectivity index (χ3n) is 3.71. The van der Waals surface area contributed by atoms with Gasteiger partial charge in [-0.3, -0.25) is 0 Å². The van der Waals surface area contributed by atoms with E-state index in [9.17, 15) is 0 Å². The van der Waals surface area contributed by atoms with Crippen molar-refractivity contribution in [3.05, 3.63) is 18.2 Å². The molecule has 0 amide bonds. The largest absolute Gasteiger partial charge is 0.335 e. The van der Waals surface area contributed by atoms with Gasteiger partial charge in [-0.05, 0) is 32.2 Å². The Balaban J connectivity index is 1.98. The van der Waals surface area contributed by atoms with Crippen LogP contribution < -0.4 is 5.32 Å². The van der Waals surface area contributed by atoms with Gasteiger partial charge >= 0.3 is 0 Å². The van der Waals surface area contributed by atoms with Gasteiger partial charge in [0.15, 0.2) is 0 Å². The van der Waals surface area contributed by atoms with E-state index in [1.165, 1.54) is 25.1 Å². The van der Waals surface area contributed by atoms with Crippen LogP contribution in [0.4, 0.5) is 0 Å². The molecule has 0 bridgehead atoms. The summed E-state index contributed by atoms with van der Waals surface area (Å²) >= 11 is 0. The number of nitrogens with zero attached hydrogens (tertiary/aromatic N) is 2. The summed E-state index contributed by atoms with van der Waals surface area (Å²) in [5.74, 6) is 2.05. The van der Waals surface area contributed by atoms with E-state index in [2.05, 4.69) is 34.9 Å². The first kappa shape index (κ1) is 11.6. The highest BCUT2D eigenvalue weighted by molar-refractivity contribution is 4.97. The molecular formula is C13H23N3. The fourth-order valence-corrected chi connectivity index (χ4v) is 2.86. The Kier molecular flexibility index (Phi) is 3.99. The quantitative estimate of drug-likeness (QED) is 0.826. The first-order valence-electron chi connectivity index (χ1n) is 6.58. The SMILES string of the molecule is CCNC1CCCC1Cc1nccn1CC.